The number of benzene rings is 1. The van der Waals surface area contributed by atoms with E-state index in [9.17, 15) is 19.5 Å². The number of hydrogen-bond acceptors (Lipinski definition) is 4. The van der Waals surface area contributed by atoms with Gasteiger partial charge >= 0.3 is 11.9 Å². The maximum absolute atomic E-state index is 12.9. The molecule has 2 N–H and O–H groups in total. The van der Waals surface area contributed by atoms with Crippen molar-refractivity contribution in [3.05, 3.63) is 42.0 Å². The Morgan fingerprint density at radius 1 is 1.08 bits per heavy atom. The summed E-state index contributed by atoms with van der Waals surface area (Å²) in [5.41, 5.74) is 0.957. The highest BCUT2D eigenvalue weighted by molar-refractivity contribution is 5.97. The number of nitrogens with one attached hydrogen (secondary N) is 1. The molecule has 0 aromatic heterocycles. The van der Waals surface area contributed by atoms with Crippen LogP contribution in [-0.2, 0) is 14.3 Å². The van der Waals surface area contributed by atoms with Crippen LogP contribution in [0.3, 0.4) is 0 Å². The number of aliphatic carboxylic acids is 1. The van der Waals surface area contributed by atoms with Crippen molar-refractivity contribution in [2.45, 2.75) is 13.3 Å². The molecule has 26 heavy (non-hydrogen) atoms. The molecule has 2 saturated carbocycles. The summed E-state index contributed by atoms with van der Waals surface area (Å²) in [4.78, 5) is 36.3. The molecule has 6 heteroatoms. The first-order valence-corrected chi connectivity index (χ1v) is 9.00. The molecule has 0 radical (unpaired) electrons. The van der Waals surface area contributed by atoms with E-state index in [4.69, 9.17) is 4.74 Å². The summed E-state index contributed by atoms with van der Waals surface area (Å²) >= 11 is 0. The third kappa shape index (κ3) is 2.69. The quantitative estimate of drug-likeness (QED) is 0.625. The lowest BCUT2D eigenvalue weighted by Crippen LogP contribution is -2.48. The molecule has 0 aliphatic heterocycles. The van der Waals surface area contributed by atoms with Crippen LogP contribution in [0.5, 0.6) is 0 Å². The first kappa shape index (κ1) is 16.8. The zero-order chi connectivity index (χ0) is 18.4. The van der Waals surface area contributed by atoms with E-state index in [1.54, 1.807) is 31.2 Å². The highest BCUT2D eigenvalue weighted by Gasteiger charge is 2.62. The van der Waals surface area contributed by atoms with Crippen LogP contribution in [0, 0.1) is 35.5 Å². The summed E-state index contributed by atoms with van der Waals surface area (Å²) < 4.78 is 4.94. The molecule has 0 spiro atoms. The third-order valence-electron chi connectivity index (χ3n) is 5.90. The molecule has 4 aliphatic rings. The van der Waals surface area contributed by atoms with Crippen LogP contribution in [0.2, 0.25) is 0 Å². The number of hydrogen-bond donors (Lipinski definition) is 2. The maximum Gasteiger partial charge on any atom is 0.338 e. The zero-order valence-corrected chi connectivity index (χ0v) is 14.4. The number of amides is 1. The predicted octanol–water partition coefficient (Wildman–Crippen LogP) is 2.57. The molecule has 0 saturated heterocycles. The van der Waals surface area contributed by atoms with Gasteiger partial charge in [0.05, 0.1) is 24.0 Å². The lowest BCUT2D eigenvalue weighted by Gasteiger charge is -2.41. The van der Waals surface area contributed by atoms with Crippen molar-refractivity contribution >= 4 is 23.5 Å². The Hall–Kier alpha value is -2.63. The average Bonchev–Trinajstić information content (AvgIpc) is 3.44. The molecule has 0 unspecified atom stereocenters. The fourth-order valence-corrected chi connectivity index (χ4v) is 4.70. The molecule has 2 fully saturated rings. The second kappa shape index (κ2) is 6.27. The number of esters is 1. The van der Waals surface area contributed by atoms with Crippen molar-refractivity contribution in [1.82, 2.24) is 0 Å². The van der Waals surface area contributed by atoms with Gasteiger partial charge in [0.25, 0.3) is 0 Å². The molecule has 5 rings (SSSR count). The number of anilines is 1. The van der Waals surface area contributed by atoms with E-state index in [1.807, 2.05) is 12.2 Å². The molecule has 1 aromatic rings. The van der Waals surface area contributed by atoms with Gasteiger partial charge in [-0.05, 0) is 61.3 Å². The summed E-state index contributed by atoms with van der Waals surface area (Å²) in [6.07, 6.45) is 5.05. The maximum atomic E-state index is 12.9. The fourth-order valence-electron chi connectivity index (χ4n) is 4.70. The fraction of sp³-hybridized carbons (Fsp3) is 0.450. The Morgan fingerprint density at radius 3 is 2.27 bits per heavy atom. The van der Waals surface area contributed by atoms with Gasteiger partial charge in [0.15, 0.2) is 0 Å². The van der Waals surface area contributed by atoms with E-state index in [1.165, 1.54) is 0 Å². The molecular formula is C20H21NO5. The van der Waals surface area contributed by atoms with E-state index in [0.29, 0.717) is 29.7 Å². The number of allylic oxidation sites excluding steroid dienone is 2. The minimum absolute atomic E-state index is 0.00454. The Bertz CT molecular complexity index is 784. The standard InChI is InChI=1S/C20H21NO5/c1-2-26-20(25)10-3-5-11(6-4-10)21-18(22)16-12-7-8-13(15-9-14(12)15)17(16)19(23)24/h3-8,12-17H,2,9H2,1H3,(H,21,22)(H,23,24)/t12-,13-,14-,15-,16-,17+/m1/s1. The minimum atomic E-state index is -0.896. The lowest BCUT2D eigenvalue weighted by atomic mass is 9.62. The monoisotopic (exact) mass is 355 g/mol. The van der Waals surface area contributed by atoms with E-state index < -0.39 is 23.8 Å². The van der Waals surface area contributed by atoms with Gasteiger partial charge in [0.1, 0.15) is 0 Å². The van der Waals surface area contributed by atoms with Gasteiger partial charge < -0.3 is 15.2 Å². The number of rotatable bonds is 5. The van der Waals surface area contributed by atoms with Crippen molar-refractivity contribution in [1.29, 1.82) is 0 Å². The molecule has 1 aromatic carbocycles. The van der Waals surface area contributed by atoms with Gasteiger partial charge in [-0.2, -0.15) is 0 Å². The van der Waals surface area contributed by atoms with Gasteiger partial charge in [0, 0.05) is 5.69 Å². The molecule has 1 amide bonds. The topological polar surface area (TPSA) is 92.7 Å². The van der Waals surface area contributed by atoms with E-state index >= 15 is 0 Å². The zero-order valence-electron chi connectivity index (χ0n) is 14.4. The van der Waals surface area contributed by atoms with E-state index in [2.05, 4.69) is 5.32 Å². The molecule has 0 heterocycles. The van der Waals surface area contributed by atoms with Crippen molar-refractivity contribution in [2.24, 2.45) is 35.5 Å². The molecule has 2 bridgehead atoms. The van der Waals surface area contributed by atoms with E-state index in [0.717, 1.165) is 6.42 Å². The van der Waals surface area contributed by atoms with Crippen molar-refractivity contribution in [2.75, 3.05) is 11.9 Å². The van der Waals surface area contributed by atoms with Crippen LogP contribution < -0.4 is 5.32 Å². The Balaban J connectivity index is 1.50. The van der Waals surface area contributed by atoms with Crippen LogP contribution in [0.1, 0.15) is 23.7 Å². The molecule has 6 nitrogen and oxygen atoms in total. The van der Waals surface area contributed by atoms with Gasteiger partial charge in [-0.3, -0.25) is 9.59 Å². The van der Waals surface area contributed by atoms with Gasteiger partial charge in [-0.25, -0.2) is 4.79 Å². The van der Waals surface area contributed by atoms with E-state index in [-0.39, 0.29) is 17.7 Å². The molecular weight excluding hydrogens is 334 g/mol. The number of fused-ring (bicyclic) bond motifs is 1. The van der Waals surface area contributed by atoms with Crippen LogP contribution in [0.15, 0.2) is 36.4 Å². The second-order valence-corrected chi connectivity index (χ2v) is 7.28. The summed E-state index contributed by atoms with van der Waals surface area (Å²) in [5, 5.41) is 12.5. The SMILES string of the molecule is CCOC(=O)c1ccc(NC(=O)[C@@H]2[C@@H]3C=C[C@H]([C@H]4C[C@H]34)[C@@H]2C(=O)O)cc1. The van der Waals surface area contributed by atoms with Crippen molar-refractivity contribution in [3.63, 3.8) is 0 Å². The number of ether oxygens (including phenoxy) is 1. The average molecular weight is 355 g/mol. The summed E-state index contributed by atoms with van der Waals surface area (Å²) in [7, 11) is 0. The van der Waals surface area contributed by atoms with Crippen LogP contribution in [-0.4, -0.2) is 29.6 Å². The number of carbonyl (C=O) groups excluding carboxylic acids is 2. The highest BCUT2D eigenvalue weighted by atomic mass is 16.5. The number of carbonyl (C=O) groups is 3. The minimum Gasteiger partial charge on any atom is -0.481 e. The highest BCUT2D eigenvalue weighted by Crippen LogP contribution is 2.63. The summed E-state index contributed by atoms with van der Waals surface area (Å²) in [6.45, 7) is 2.04. The third-order valence-corrected chi connectivity index (χ3v) is 5.90. The number of carboxylic acid groups (broad SMARTS) is 1. The Morgan fingerprint density at radius 2 is 1.69 bits per heavy atom. The van der Waals surface area contributed by atoms with Gasteiger partial charge in [-0.1, -0.05) is 12.2 Å². The van der Waals surface area contributed by atoms with Crippen LogP contribution in [0.25, 0.3) is 0 Å². The van der Waals surface area contributed by atoms with Crippen molar-refractivity contribution in [3.8, 4) is 0 Å². The predicted molar refractivity (Wildman–Crippen MR) is 93.4 cm³/mol. The normalized spacial score (nSPS) is 33.3. The summed E-state index contributed by atoms with van der Waals surface area (Å²) in [6, 6.07) is 6.45. The first-order chi connectivity index (χ1) is 12.5. The van der Waals surface area contributed by atoms with Gasteiger partial charge in [0.2, 0.25) is 5.91 Å². The largest absolute Gasteiger partial charge is 0.481 e. The molecule has 4 aliphatic carbocycles. The van der Waals surface area contributed by atoms with Crippen LogP contribution >= 0.6 is 0 Å². The number of carboxylic acids is 1. The second-order valence-electron chi connectivity index (χ2n) is 7.28. The Kier molecular flexibility index (Phi) is 4.05. The Labute approximate surface area is 151 Å². The molecule has 6 atom stereocenters. The smallest absolute Gasteiger partial charge is 0.338 e. The summed E-state index contributed by atoms with van der Waals surface area (Å²) in [5.74, 6) is -1.93. The van der Waals surface area contributed by atoms with Crippen LogP contribution in [0.4, 0.5) is 5.69 Å². The van der Waals surface area contributed by atoms with Crippen molar-refractivity contribution < 1.29 is 24.2 Å². The van der Waals surface area contributed by atoms with Gasteiger partial charge in [-0.15, -0.1) is 0 Å². The first-order valence-electron chi connectivity index (χ1n) is 9.00. The molecule has 136 valence electrons. The lowest BCUT2D eigenvalue weighted by molar-refractivity contribution is -0.152.